The van der Waals surface area contributed by atoms with E-state index in [0.29, 0.717) is 29.0 Å². The van der Waals surface area contributed by atoms with Gasteiger partial charge in [-0.1, -0.05) is 12.1 Å². The molecule has 0 unspecified atom stereocenters. The zero-order valence-electron chi connectivity index (χ0n) is 17.8. The number of quaternary nitrogens is 1. The molecule has 6 heteroatoms. The number of aromatic hydroxyl groups is 1. The Labute approximate surface area is 172 Å². The minimum atomic E-state index is -0.325. The van der Waals surface area contributed by atoms with Crippen LogP contribution in [0.3, 0.4) is 0 Å². The zero-order valence-corrected chi connectivity index (χ0v) is 17.8. The Morgan fingerprint density at radius 2 is 1.59 bits per heavy atom. The predicted molar refractivity (Wildman–Crippen MR) is 116 cm³/mol. The van der Waals surface area contributed by atoms with Gasteiger partial charge in [0.25, 0.3) is 0 Å². The average Bonchev–Trinajstić information content (AvgIpc) is 2.62. The summed E-state index contributed by atoms with van der Waals surface area (Å²) in [5.41, 5.74) is 2.30. The molecule has 29 heavy (non-hydrogen) atoms. The second-order valence-corrected chi connectivity index (χ2v) is 8.86. The number of phenols is 1. The van der Waals surface area contributed by atoms with Crippen molar-refractivity contribution in [3.05, 3.63) is 52.6 Å². The third-order valence-corrected chi connectivity index (χ3v) is 4.94. The summed E-state index contributed by atoms with van der Waals surface area (Å²) >= 11 is 0. The molecule has 0 radical (unpaired) electrons. The second-order valence-electron chi connectivity index (χ2n) is 8.86. The van der Waals surface area contributed by atoms with Gasteiger partial charge in [0.15, 0.2) is 11.6 Å². The first-order valence-corrected chi connectivity index (χ1v) is 9.99. The Balaban J connectivity index is 2.04. The molecule has 1 aliphatic carbocycles. The summed E-state index contributed by atoms with van der Waals surface area (Å²) in [6.45, 7) is 5.64. The molecule has 3 rings (SSSR count). The van der Waals surface area contributed by atoms with E-state index in [1.165, 1.54) is 6.07 Å². The van der Waals surface area contributed by atoms with Gasteiger partial charge in [-0.15, -0.1) is 0 Å². The average molecular weight is 397 g/mol. The lowest BCUT2D eigenvalue weighted by molar-refractivity contribution is -0.870. The van der Waals surface area contributed by atoms with Gasteiger partial charge in [0.2, 0.25) is 0 Å². The quantitative estimate of drug-likeness (QED) is 0.421. The summed E-state index contributed by atoms with van der Waals surface area (Å²) in [6.07, 6.45) is 0.925. The molecule has 0 atom stereocenters. The van der Waals surface area contributed by atoms with Crippen LogP contribution in [-0.2, 0) is 0 Å². The number of phenolic OH excluding ortho intramolecular Hbond substituents is 1. The van der Waals surface area contributed by atoms with Gasteiger partial charge in [-0.25, -0.2) is 0 Å². The van der Waals surface area contributed by atoms with Crippen molar-refractivity contribution >= 4 is 22.9 Å². The summed E-state index contributed by atoms with van der Waals surface area (Å²) in [5.74, 6) is -0.734. The number of carbonyl (C=O) groups is 2. The highest BCUT2D eigenvalue weighted by Gasteiger charge is 2.35. The Kier molecular flexibility index (Phi) is 5.66. The maximum absolute atomic E-state index is 13.3. The number of hydrogen-bond donors (Lipinski definition) is 3. The van der Waals surface area contributed by atoms with E-state index in [-0.39, 0.29) is 34.5 Å². The highest BCUT2D eigenvalue weighted by atomic mass is 16.3. The fourth-order valence-corrected chi connectivity index (χ4v) is 3.66. The number of hydrogen-bond acceptors (Lipinski definition) is 5. The van der Waals surface area contributed by atoms with E-state index in [1.807, 2.05) is 26.0 Å². The minimum absolute atomic E-state index is 0.0844. The fourth-order valence-electron chi connectivity index (χ4n) is 3.66. The Morgan fingerprint density at radius 3 is 2.24 bits per heavy atom. The van der Waals surface area contributed by atoms with E-state index >= 15 is 0 Å². The fraction of sp³-hybridized carbons (Fsp3) is 0.391. The van der Waals surface area contributed by atoms with E-state index in [0.717, 1.165) is 17.4 Å². The van der Waals surface area contributed by atoms with E-state index in [2.05, 4.69) is 31.8 Å². The summed E-state index contributed by atoms with van der Waals surface area (Å²) in [6, 6.07) is 8.42. The van der Waals surface area contributed by atoms with Crippen LogP contribution in [0.25, 0.3) is 0 Å². The van der Waals surface area contributed by atoms with Crippen LogP contribution in [0.1, 0.15) is 52.1 Å². The van der Waals surface area contributed by atoms with Gasteiger partial charge in [-0.2, -0.15) is 0 Å². The molecule has 2 aromatic carbocycles. The van der Waals surface area contributed by atoms with Crippen LogP contribution < -0.4 is 10.6 Å². The number of rotatable bonds is 7. The molecule has 0 saturated carbocycles. The third kappa shape index (κ3) is 4.27. The van der Waals surface area contributed by atoms with E-state index < -0.39 is 0 Å². The van der Waals surface area contributed by atoms with Crippen LogP contribution in [0.2, 0.25) is 0 Å². The first-order valence-electron chi connectivity index (χ1n) is 9.99. The van der Waals surface area contributed by atoms with Crippen molar-refractivity contribution in [2.24, 2.45) is 0 Å². The maximum Gasteiger partial charge on any atom is 0.200 e. The molecule has 0 amide bonds. The van der Waals surface area contributed by atoms with Crippen LogP contribution in [0.5, 0.6) is 5.75 Å². The van der Waals surface area contributed by atoms with Gasteiger partial charge in [0.1, 0.15) is 5.75 Å². The van der Waals surface area contributed by atoms with Crippen LogP contribution >= 0.6 is 0 Å². The van der Waals surface area contributed by atoms with E-state index in [4.69, 9.17) is 0 Å². The molecule has 0 aromatic heterocycles. The molecule has 0 fully saturated rings. The molecule has 0 heterocycles. The van der Waals surface area contributed by atoms with Crippen LogP contribution in [-0.4, -0.2) is 61.4 Å². The second kappa shape index (κ2) is 7.87. The summed E-state index contributed by atoms with van der Waals surface area (Å²) in [7, 11) is 6.41. The number of carbonyl (C=O) groups excluding carboxylic acids is 2. The van der Waals surface area contributed by atoms with Gasteiger partial charge >= 0.3 is 0 Å². The molecule has 3 N–H and O–H groups in total. The lowest BCUT2D eigenvalue weighted by Gasteiger charge is -2.26. The maximum atomic E-state index is 13.3. The molecule has 2 aromatic rings. The van der Waals surface area contributed by atoms with Crippen molar-refractivity contribution in [1.82, 2.24) is 0 Å². The Morgan fingerprint density at radius 1 is 0.931 bits per heavy atom. The largest absolute Gasteiger partial charge is 0.507 e. The third-order valence-electron chi connectivity index (χ3n) is 4.94. The first-order chi connectivity index (χ1) is 13.6. The van der Waals surface area contributed by atoms with Crippen LogP contribution in [0, 0.1) is 0 Å². The minimum Gasteiger partial charge on any atom is -0.507 e. The lowest BCUT2D eigenvalue weighted by atomic mass is 9.81. The summed E-state index contributed by atoms with van der Waals surface area (Å²) in [5, 5.41) is 16.9. The van der Waals surface area contributed by atoms with Gasteiger partial charge in [-0.05, 0) is 32.0 Å². The molecule has 6 nitrogen and oxygen atoms in total. The molecule has 0 spiro atoms. The highest BCUT2D eigenvalue weighted by Crippen LogP contribution is 2.39. The SMILES string of the molecule is CC(C)Nc1ccc(NCCC[N+](C)(C)C)c2c1C(=O)c1cccc(O)c1C2=O. The first kappa shape index (κ1) is 20.9. The van der Waals surface area contributed by atoms with Crippen molar-refractivity contribution in [2.75, 3.05) is 44.9 Å². The number of anilines is 2. The number of benzene rings is 2. The Bertz CT molecular complexity index is 959. The molecule has 0 bridgehead atoms. The predicted octanol–water partition coefficient (Wildman–Crippen LogP) is 3.50. The Hall–Kier alpha value is -2.86. The van der Waals surface area contributed by atoms with Gasteiger partial charge in [-0.3, -0.25) is 9.59 Å². The molecular weight excluding hydrogens is 366 g/mol. The molecule has 1 aliphatic rings. The van der Waals surface area contributed by atoms with Crippen molar-refractivity contribution < 1.29 is 19.2 Å². The summed E-state index contributed by atoms with van der Waals surface area (Å²) < 4.78 is 0.857. The lowest BCUT2D eigenvalue weighted by Crippen LogP contribution is -2.36. The standard InChI is InChI=1S/C23H29N3O3/c1-14(2)25-17-11-10-16(24-12-7-13-26(3,4)5)20-21(17)22(28)15-8-6-9-18(27)19(15)23(20)29/h6,8-11,14H,7,12-13H2,1-5H3,(H2-,24,25,27,28,29)/p+1. The number of ketones is 2. The van der Waals surface area contributed by atoms with E-state index in [1.54, 1.807) is 12.1 Å². The van der Waals surface area contributed by atoms with Gasteiger partial charge < -0.3 is 20.2 Å². The molecular formula is C23H30N3O3+. The van der Waals surface area contributed by atoms with Crippen molar-refractivity contribution in [1.29, 1.82) is 0 Å². The van der Waals surface area contributed by atoms with Crippen molar-refractivity contribution in [3.63, 3.8) is 0 Å². The molecule has 154 valence electrons. The number of nitrogens with zero attached hydrogens (tertiary/aromatic N) is 1. The van der Waals surface area contributed by atoms with Crippen LogP contribution in [0.4, 0.5) is 11.4 Å². The zero-order chi connectivity index (χ0) is 21.3. The molecule has 0 saturated heterocycles. The normalized spacial score (nSPS) is 13.3. The van der Waals surface area contributed by atoms with Crippen molar-refractivity contribution in [2.45, 2.75) is 26.3 Å². The monoisotopic (exact) mass is 396 g/mol. The smallest absolute Gasteiger partial charge is 0.200 e. The molecule has 0 aliphatic heterocycles. The topological polar surface area (TPSA) is 78.4 Å². The highest BCUT2D eigenvalue weighted by molar-refractivity contribution is 6.32. The summed E-state index contributed by atoms with van der Waals surface area (Å²) in [4.78, 5) is 26.6. The van der Waals surface area contributed by atoms with E-state index in [9.17, 15) is 14.7 Å². The van der Waals surface area contributed by atoms with Gasteiger partial charge in [0.05, 0.1) is 44.4 Å². The van der Waals surface area contributed by atoms with Gasteiger partial charge in [0, 0.05) is 35.9 Å². The number of fused-ring (bicyclic) bond motifs is 2. The number of nitrogens with one attached hydrogen (secondary N) is 2. The van der Waals surface area contributed by atoms with Crippen LogP contribution in [0.15, 0.2) is 30.3 Å². The van der Waals surface area contributed by atoms with Crippen molar-refractivity contribution in [3.8, 4) is 5.75 Å².